The molecule has 2 N–H and O–H groups in total. The summed E-state index contributed by atoms with van der Waals surface area (Å²) in [7, 11) is 0. The standard InChI is InChI=1S/C19H17ClN4O2/c1-13-10-18(23-22-13)19(25)24-21-11-14-6-8-16(9-7-14)26-12-15-4-2-3-5-17(15)20/h2-11H,12H2,1H3,(H,22,23)(H,24,25)/b21-11+. The molecular weight excluding hydrogens is 352 g/mol. The van der Waals surface area contributed by atoms with E-state index in [1.807, 2.05) is 55.5 Å². The van der Waals surface area contributed by atoms with Crippen molar-refractivity contribution in [1.82, 2.24) is 15.6 Å². The van der Waals surface area contributed by atoms with E-state index < -0.39 is 0 Å². The molecule has 0 bridgehead atoms. The number of aromatic amines is 1. The first kappa shape index (κ1) is 17.7. The Hall–Kier alpha value is -3.12. The van der Waals surface area contributed by atoms with Crippen LogP contribution in [0.1, 0.15) is 27.3 Å². The van der Waals surface area contributed by atoms with Crippen molar-refractivity contribution < 1.29 is 9.53 Å². The highest BCUT2D eigenvalue weighted by molar-refractivity contribution is 6.31. The Morgan fingerprint density at radius 1 is 1.27 bits per heavy atom. The van der Waals surface area contributed by atoms with Crippen LogP contribution < -0.4 is 10.2 Å². The van der Waals surface area contributed by atoms with Crippen molar-refractivity contribution in [2.24, 2.45) is 5.10 Å². The second-order valence-electron chi connectivity index (χ2n) is 5.58. The molecule has 0 unspecified atom stereocenters. The zero-order valence-electron chi connectivity index (χ0n) is 14.1. The molecular formula is C19H17ClN4O2. The third-order valence-electron chi connectivity index (χ3n) is 3.55. The first-order valence-corrected chi connectivity index (χ1v) is 8.31. The van der Waals surface area contributed by atoms with E-state index >= 15 is 0 Å². The van der Waals surface area contributed by atoms with Gasteiger partial charge in [0.2, 0.25) is 0 Å². The molecule has 3 rings (SSSR count). The van der Waals surface area contributed by atoms with E-state index in [-0.39, 0.29) is 5.91 Å². The van der Waals surface area contributed by atoms with Gasteiger partial charge in [0.15, 0.2) is 5.69 Å². The lowest BCUT2D eigenvalue weighted by Gasteiger charge is -2.07. The van der Waals surface area contributed by atoms with Crippen molar-refractivity contribution in [1.29, 1.82) is 0 Å². The zero-order valence-corrected chi connectivity index (χ0v) is 14.8. The molecule has 0 spiro atoms. The van der Waals surface area contributed by atoms with Crippen molar-refractivity contribution >= 4 is 23.7 Å². The molecule has 0 radical (unpaired) electrons. The fourth-order valence-corrected chi connectivity index (χ4v) is 2.37. The van der Waals surface area contributed by atoms with Gasteiger partial charge in [0.05, 0.1) is 6.21 Å². The molecule has 0 saturated heterocycles. The van der Waals surface area contributed by atoms with E-state index in [0.29, 0.717) is 17.3 Å². The van der Waals surface area contributed by atoms with Gasteiger partial charge in [0.1, 0.15) is 12.4 Å². The highest BCUT2D eigenvalue weighted by atomic mass is 35.5. The van der Waals surface area contributed by atoms with Crippen LogP contribution in [0.2, 0.25) is 5.02 Å². The monoisotopic (exact) mass is 368 g/mol. The number of H-pyrrole nitrogens is 1. The van der Waals surface area contributed by atoms with Gasteiger partial charge < -0.3 is 4.74 Å². The fraction of sp³-hybridized carbons (Fsp3) is 0.105. The second kappa shape index (κ2) is 8.31. The highest BCUT2D eigenvalue weighted by Crippen LogP contribution is 2.18. The van der Waals surface area contributed by atoms with Crippen LogP contribution >= 0.6 is 11.6 Å². The van der Waals surface area contributed by atoms with Crippen molar-refractivity contribution in [2.45, 2.75) is 13.5 Å². The summed E-state index contributed by atoms with van der Waals surface area (Å²) >= 11 is 6.11. The number of amides is 1. The number of halogens is 1. The number of nitrogens with one attached hydrogen (secondary N) is 2. The molecule has 0 saturated carbocycles. The van der Waals surface area contributed by atoms with Crippen LogP contribution in [0.25, 0.3) is 0 Å². The third-order valence-corrected chi connectivity index (χ3v) is 3.92. The molecule has 7 heteroatoms. The zero-order chi connectivity index (χ0) is 18.4. The molecule has 0 aliphatic carbocycles. The maximum Gasteiger partial charge on any atom is 0.291 e. The third kappa shape index (κ3) is 4.70. The number of aromatic nitrogens is 2. The van der Waals surface area contributed by atoms with Crippen LogP contribution in [0.15, 0.2) is 59.7 Å². The minimum Gasteiger partial charge on any atom is -0.489 e. The number of nitrogens with zero attached hydrogens (tertiary/aromatic N) is 2. The van der Waals surface area contributed by atoms with Gasteiger partial charge in [-0.1, -0.05) is 29.8 Å². The topological polar surface area (TPSA) is 79.4 Å². The Bertz CT molecular complexity index is 919. The molecule has 1 aromatic heterocycles. The van der Waals surface area contributed by atoms with Gasteiger partial charge in [0.25, 0.3) is 5.91 Å². The molecule has 0 aliphatic heterocycles. The molecule has 132 valence electrons. The van der Waals surface area contributed by atoms with Crippen molar-refractivity contribution in [3.8, 4) is 5.75 Å². The largest absolute Gasteiger partial charge is 0.489 e. The summed E-state index contributed by atoms with van der Waals surface area (Å²) in [6.07, 6.45) is 1.55. The Morgan fingerprint density at radius 3 is 2.73 bits per heavy atom. The van der Waals surface area contributed by atoms with Crippen LogP contribution in [0.5, 0.6) is 5.75 Å². The summed E-state index contributed by atoms with van der Waals surface area (Å²) in [5, 5.41) is 11.2. The smallest absolute Gasteiger partial charge is 0.291 e. The summed E-state index contributed by atoms with van der Waals surface area (Å²) in [6.45, 7) is 2.22. The van der Waals surface area contributed by atoms with Gasteiger partial charge in [-0.15, -0.1) is 0 Å². The van der Waals surface area contributed by atoms with Gasteiger partial charge in [0, 0.05) is 16.3 Å². The molecule has 0 aliphatic rings. The van der Waals surface area contributed by atoms with Crippen LogP contribution in [0.4, 0.5) is 0 Å². The number of carbonyl (C=O) groups is 1. The average molecular weight is 369 g/mol. The highest BCUT2D eigenvalue weighted by Gasteiger charge is 2.07. The molecule has 3 aromatic rings. The van der Waals surface area contributed by atoms with Crippen LogP contribution in [-0.2, 0) is 6.61 Å². The first-order valence-electron chi connectivity index (χ1n) is 7.93. The average Bonchev–Trinajstić information content (AvgIpc) is 3.09. The lowest BCUT2D eigenvalue weighted by Crippen LogP contribution is -2.17. The lowest BCUT2D eigenvalue weighted by molar-refractivity contribution is 0.0950. The number of hydrogen-bond acceptors (Lipinski definition) is 4. The maximum atomic E-state index is 11.8. The summed E-state index contributed by atoms with van der Waals surface area (Å²) in [5.74, 6) is 0.350. The number of aryl methyl sites for hydroxylation is 1. The lowest BCUT2D eigenvalue weighted by atomic mass is 10.2. The molecule has 2 aromatic carbocycles. The molecule has 6 nitrogen and oxygen atoms in total. The summed E-state index contributed by atoms with van der Waals surface area (Å²) in [4.78, 5) is 11.8. The molecule has 26 heavy (non-hydrogen) atoms. The fourth-order valence-electron chi connectivity index (χ4n) is 2.18. The van der Waals surface area contributed by atoms with E-state index in [0.717, 1.165) is 22.6 Å². The van der Waals surface area contributed by atoms with Crippen molar-refractivity contribution in [3.63, 3.8) is 0 Å². The van der Waals surface area contributed by atoms with Crippen LogP contribution in [0.3, 0.4) is 0 Å². The van der Waals surface area contributed by atoms with Crippen LogP contribution in [0, 0.1) is 6.92 Å². The number of benzene rings is 2. The van der Waals surface area contributed by atoms with E-state index in [9.17, 15) is 4.79 Å². The maximum absolute atomic E-state index is 11.8. The minimum atomic E-state index is -0.370. The number of ether oxygens (including phenoxy) is 1. The predicted octanol–water partition coefficient (Wildman–Crippen LogP) is 3.71. The summed E-state index contributed by atoms with van der Waals surface area (Å²) in [6, 6.07) is 16.6. The number of hydrogen-bond donors (Lipinski definition) is 2. The number of carbonyl (C=O) groups excluding carboxylic acids is 1. The van der Waals surface area contributed by atoms with Gasteiger partial charge in [-0.2, -0.15) is 10.2 Å². The van der Waals surface area contributed by atoms with Gasteiger partial charge in [-0.25, -0.2) is 5.43 Å². The van der Waals surface area contributed by atoms with Crippen molar-refractivity contribution in [2.75, 3.05) is 0 Å². The number of hydrazone groups is 1. The Labute approximate surface area is 155 Å². The predicted molar refractivity (Wildman–Crippen MR) is 101 cm³/mol. The quantitative estimate of drug-likeness (QED) is 0.514. The van der Waals surface area contributed by atoms with Gasteiger partial charge in [-0.05, 0) is 48.9 Å². The van der Waals surface area contributed by atoms with Crippen LogP contribution in [-0.4, -0.2) is 22.3 Å². The molecule has 0 atom stereocenters. The first-order chi connectivity index (χ1) is 12.6. The SMILES string of the molecule is Cc1cc(C(=O)N/N=C/c2ccc(OCc3ccccc3Cl)cc2)n[nH]1. The van der Waals surface area contributed by atoms with Gasteiger partial charge in [-0.3, -0.25) is 9.89 Å². The van der Waals surface area contributed by atoms with Crippen molar-refractivity contribution in [3.05, 3.63) is 82.1 Å². The number of rotatable bonds is 6. The summed E-state index contributed by atoms with van der Waals surface area (Å²) < 4.78 is 5.72. The Morgan fingerprint density at radius 2 is 2.04 bits per heavy atom. The normalized spacial score (nSPS) is 10.8. The van der Waals surface area contributed by atoms with E-state index in [2.05, 4.69) is 20.7 Å². The molecule has 1 heterocycles. The minimum absolute atomic E-state index is 0.294. The Kier molecular flexibility index (Phi) is 5.66. The van der Waals surface area contributed by atoms with E-state index in [1.54, 1.807) is 12.3 Å². The molecule has 1 amide bonds. The second-order valence-corrected chi connectivity index (χ2v) is 5.99. The van der Waals surface area contributed by atoms with E-state index in [4.69, 9.17) is 16.3 Å². The molecule has 0 fully saturated rings. The van der Waals surface area contributed by atoms with Gasteiger partial charge >= 0.3 is 0 Å². The summed E-state index contributed by atoms with van der Waals surface area (Å²) in [5.41, 5.74) is 5.29. The van der Waals surface area contributed by atoms with E-state index in [1.165, 1.54) is 0 Å². The Balaban J connectivity index is 1.52.